The Balaban J connectivity index is 1.17. The van der Waals surface area contributed by atoms with Crippen molar-refractivity contribution in [3.63, 3.8) is 0 Å². The fourth-order valence-corrected chi connectivity index (χ4v) is 3.91. The van der Waals surface area contributed by atoms with E-state index in [-0.39, 0.29) is 5.91 Å². The summed E-state index contributed by atoms with van der Waals surface area (Å²) in [7, 11) is 0. The molecule has 0 saturated heterocycles. The summed E-state index contributed by atoms with van der Waals surface area (Å²) < 4.78 is 0. The van der Waals surface area contributed by atoms with Crippen LogP contribution in [0.1, 0.15) is 46.3 Å². The van der Waals surface area contributed by atoms with E-state index in [1.54, 1.807) is 12.3 Å². The number of unbranched alkanes of at least 4 members (excludes halogenated alkanes) is 2. The highest BCUT2D eigenvalue weighted by Crippen LogP contribution is 2.15. The van der Waals surface area contributed by atoms with Crippen molar-refractivity contribution in [3.05, 3.63) is 70.2 Å². The van der Waals surface area contributed by atoms with Gasteiger partial charge >= 0.3 is 0 Å². The molecule has 1 aromatic carbocycles. The van der Waals surface area contributed by atoms with Crippen LogP contribution in [-0.4, -0.2) is 31.1 Å². The van der Waals surface area contributed by atoms with E-state index in [0.29, 0.717) is 12.2 Å². The molecule has 4 rings (SSSR count). The summed E-state index contributed by atoms with van der Waals surface area (Å²) in [6.45, 7) is 0.349. The molecule has 0 aliphatic carbocycles. The van der Waals surface area contributed by atoms with Gasteiger partial charge in [-0.3, -0.25) is 4.79 Å². The van der Waals surface area contributed by atoms with Crippen molar-refractivity contribution in [2.45, 2.75) is 38.6 Å². The third-order valence-electron chi connectivity index (χ3n) is 4.58. The number of imidazole rings is 1. The second-order valence-electron chi connectivity index (χ2n) is 6.79. The second kappa shape index (κ2) is 9.38. The zero-order valence-electron chi connectivity index (χ0n) is 16.0. The molecule has 8 heteroatoms. The Labute approximate surface area is 172 Å². The summed E-state index contributed by atoms with van der Waals surface area (Å²) in [5.41, 5.74) is 3.31. The number of fused-ring (bicyclic) bond motifs is 1. The molecule has 0 radical (unpaired) electrons. The minimum atomic E-state index is -0.178. The number of rotatable bonds is 9. The molecule has 0 atom stereocenters. The average molecular weight is 407 g/mol. The molecule has 29 heavy (non-hydrogen) atoms. The molecular formula is C21H22N6OS. The van der Waals surface area contributed by atoms with Gasteiger partial charge in [-0.15, -0.1) is 11.3 Å². The van der Waals surface area contributed by atoms with Gasteiger partial charge in [0.1, 0.15) is 11.5 Å². The highest BCUT2D eigenvalue weighted by Gasteiger charge is 2.11. The first kappa shape index (κ1) is 19.2. The number of aromatic nitrogens is 5. The first-order valence-electron chi connectivity index (χ1n) is 9.71. The molecule has 7 nitrogen and oxygen atoms in total. The van der Waals surface area contributed by atoms with Crippen molar-refractivity contribution in [3.8, 4) is 0 Å². The Kier molecular flexibility index (Phi) is 6.21. The summed E-state index contributed by atoms with van der Waals surface area (Å²) in [6, 6.07) is 11.7. The number of aromatic amines is 1. The predicted octanol–water partition coefficient (Wildman–Crippen LogP) is 3.69. The van der Waals surface area contributed by atoms with Gasteiger partial charge in [0.2, 0.25) is 0 Å². The summed E-state index contributed by atoms with van der Waals surface area (Å²) in [5.74, 6) is 0.866. The van der Waals surface area contributed by atoms with E-state index in [0.717, 1.165) is 59.7 Å². The lowest BCUT2D eigenvalue weighted by atomic mass is 10.1. The summed E-state index contributed by atoms with van der Waals surface area (Å²) in [5, 5.41) is 13.4. The molecule has 0 spiro atoms. The predicted molar refractivity (Wildman–Crippen MR) is 113 cm³/mol. The minimum absolute atomic E-state index is 0.178. The first-order valence-corrected chi connectivity index (χ1v) is 10.6. The van der Waals surface area contributed by atoms with Gasteiger partial charge in [0, 0.05) is 18.0 Å². The standard InChI is InChI=1S/C21H22N6OS/c28-21(22-13-15-7-6-12-23-27-15)18-14-29-20(26-18)11-3-1-2-10-19-24-16-8-4-5-9-17(16)25-19/h4-9,12,14H,1-3,10-11,13H2,(H,22,28)(H,24,25). The maximum Gasteiger partial charge on any atom is 0.271 e. The lowest BCUT2D eigenvalue weighted by molar-refractivity contribution is 0.0946. The lowest BCUT2D eigenvalue weighted by Gasteiger charge is -2.01. The lowest BCUT2D eigenvalue weighted by Crippen LogP contribution is -2.23. The fraction of sp³-hybridized carbons (Fsp3) is 0.286. The molecule has 0 aliphatic heterocycles. The number of carbonyl (C=O) groups is 1. The smallest absolute Gasteiger partial charge is 0.271 e. The van der Waals surface area contributed by atoms with E-state index >= 15 is 0 Å². The number of H-pyrrole nitrogens is 1. The van der Waals surface area contributed by atoms with Crippen LogP contribution in [0.25, 0.3) is 11.0 Å². The third kappa shape index (κ3) is 5.23. The molecule has 0 aliphatic rings. The van der Waals surface area contributed by atoms with E-state index < -0.39 is 0 Å². The van der Waals surface area contributed by atoms with Gasteiger partial charge in [0.15, 0.2) is 0 Å². The van der Waals surface area contributed by atoms with Gasteiger partial charge in [-0.25, -0.2) is 9.97 Å². The van der Waals surface area contributed by atoms with Gasteiger partial charge < -0.3 is 10.3 Å². The van der Waals surface area contributed by atoms with Crippen LogP contribution in [0.5, 0.6) is 0 Å². The normalized spacial score (nSPS) is 11.0. The van der Waals surface area contributed by atoms with Crippen molar-refractivity contribution in [1.82, 2.24) is 30.5 Å². The highest BCUT2D eigenvalue weighted by atomic mass is 32.1. The maximum atomic E-state index is 12.2. The number of aryl methyl sites for hydroxylation is 2. The van der Waals surface area contributed by atoms with Crippen LogP contribution in [0, 0.1) is 0 Å². The van der Waals surface area contributed by atoms with Crippen LogP contribution in [0.4, 0.5) is 0 Å². The first-order chi connectivity index (χ1) is 14.3. The van der Waals surface area contributed by atoms with Crippen LogP contribution in [0.3, 0.4) is 0 Å². The molecule has 3 heterocycles. The van der Waals surface area contributed by atoms with E-state index in [4.69, 9.17) is 0 Å². The Morgan fingerprint density at radius 3 is 2.79 bits per heavy atom. The second-order valence-corrected chi connectivity index (χ2v) is 7.73. The zero-order chi connectivity index (χ0) is 19.9. The Morgan fingerprint density at radius 2 is 1.93 bits per heavy atom. The van der Waals surface area contributed by atoms with Crippen LogP contribution >= 0.6 is 11.3 Å². The quantitative estimate of drug-likeness (QED) is 0.413. The van der Waals surface area contributed by atoms with Crippen molar-refractivity contribution >= 4 is 28.3 Å². The summed E-state index contributed by atoms with van der Waals surface area (Å²) in [6.07, 6.45) is 6.68. The largest absolute Gasteiger partial charge is 0.345 e. The Hall–Kier alpha value is -3.13. The molecule has 0 fully saturated rings. The average Bonchev–Trinajstić information content (AvgIpc) is 3.39. The number of nitrogens with one attached hydrogen (secondary N) is 2. The SMILES string of the molecule is O=C(NCc1cccnn1)c1csc(CCCCCc2nc3ccccc3[nH]2)n1. The summed E-state index contributed by atoms with van der Waals surface area (Å²) >= 11 is 1.54. The van der Waals surface area contributed by atoms with Crippen molar-refractivity contribution in [2.75, 3.05) is 0 Å². The number of hydrogen-bond donors (Lipinski definition) is 2. The molecule has 0 bridgehead atoms. The van der Waals surface area contributed by atoms with E-state index in [2.05, 4.69) is 36.5 Å². The molecule has 2 N–H and O–H groups in total. The van der Waals surface area contributed by atoms with Crippen molar-refractivity contribution < 1.29 is 4.79 Å². The topological polar surface area (TPSA) is 96.5 Å². The van der Waals surface area contributed by atoms with Gasteiger partial charge in [-0.05, 0) is 43.5 Å². The van der Waals surface area contributed by atoms with Gasteiger partial charge in [-0.1, -0.05) is 18.6 Å². The van der Waals surface area contributed by atoms with Crippen molar-refractivity contribution in [1.29, 1.82) is 0 Å². The van der Waals surface area contributed by atoms with E-state index in [9.17, 15) is 4.79 Å². The monoisotopic (exact) mass is 406 g/mol. The minimum Gasteiger partial charge on any atom is -0.345 e. The molecule has 3 aromatic heterocycles. The molecule has 0 saturated carbocycles. The van der Waals surface area contributed by atoms with Crippen LogP contribution in [0.2, 0.25) is 0 Å². The van der Waals surface area contributed by atoms with Crippen LogP contribution < -0.4 is 5.32 Å². The molecular weight excluding hydrogens is 384 g/mol. The number of nitrogens with zero attached hydrogens (tertiary/aromatic N) is 4. The third-order valence-corrected chi connectivity index (χ3v) is 5.49. The van der Waals surface area contributed by atoms with Crippen LogP contribution in [-0.2, 0) is 19.4 Å². The summed E-state index contributed by atoms with van der Waals surface area (Å²) in [4.78, 5) is 24.7. The number of thiazole rings is 1. The van der Waals surface area contributed by atoms with Crippen molar-refractivity contribution in [2.24, 2.45) is 0 Å². The van der Waals surface area contributed by atoms with E-state index in [1.165, 1.54) is 11.3 Å². The molecule has 148 valence electrons. The Bertz CT molecular complexity index is 1040. The van der Waals surface area contributed by atoms with E-state index in [1.807, 2.05) is 29.6 Å². The number of carbonyl (C=O) groups excluding carboxylic acids is 1. The maximum absolute atomic E-state index is 12.2. The van der Waals surface area contributed by atoms with Gasteiger partial charge in [-0.2, -0.15) is 10.2 Å². The molecule has 0 unspecified atom stereocenters. The Morgan fingerprint density at radius 1 is 1.03 bits per heavy atom. The molecule has 1 amide bonds. The number of hydrogen-bond acceptors (Lipinski definition) is 6. The number of amides is 1. The number of para-hydroxylation sites is 2. The fourth-order valence-electron chi connectivity index (χ4n) is 3.09. The number of benzene rings is 1. The zero-order valence-corrected chi connectivity index (χ0v) is 16.8. The molecule has 4 aromatic rings. The highest BCUT2D eigenvalue weighted by molar-refractivity contribution is 7.09. The van der Waals surface area contributed by atoms with Crippen LogP contribution in [0.15, 0.2) is 48.0 Å². The van der Waals surface area contributed by atoms with Gasteiger partial charge in [0.05, 0.1) is 28.3 Å². The van der Waals surface area contributed by atoms with Gasteiger partial charge in [0.25, 0.3) is 5.91 Å².